The summed E-state index contributed by atoms with van der Waals surface area (Å²) < 4.78 is 5.24. The third-order valence-electron chi connectivity index (χ3n) is 5.30. The van der Waals surface area contributed by atoms with Crippen molar-refractivity contribution in [2.45, 2.75) is 25.4 Å². The Balaban J connectivity index is 1.62. The topological polar surface area (TPSA) is 36.0 Å². The molecule has 3 saturated heterocycles. The van der Waals surface area contributed by atoms with E-state index in [4.69, 9.17) is 4.74 Å². The molecular weight excluding hydrogens is 302 g/mol. The minimum Gasteiger partial charge on any atom is -0.497 e. The number of amides is 1. The number of hydrogen-bond donors (Lipinski definition) is 0. The molecule has 0 unspecified atom stereocenters. The Morgan fingerprint density at radius 2 is 1.92 bits per heavy atom. The third-order valence-corrected chi connectivity index (χ3v) is 5.30. The molecule has 5 heteroatoms. The number of likely N-dealkylation sites (N-methyl/N-ethyl adjacent to an activating group) is 1. The quantitative estimate of drug-likeness (QED) is 0.822. The highest BCUT2D eigenvalue weighted by Gasteiger charge is 2.35. The first kappa shape index (κ1) is 17.2. The zero-order valence-electron chi connectivity index (χ0n) is 15.1. The van der Waals surface area contributed by atoms with Gasteiger partial charge in [-0.1, -0.05) is 12.1 Å². The molecule has 5 nitrogen and oxygen atoms in total. The number of benzene rings is 1. The van der Waals surface area contributed by atoms with E-state index in [0.717, 1.165) is 31.9 Å². The molecular formula is C19H29N3O2. The highest BCUT2D eigenvalue weighted by Crippen LogP contribution is 2.28. The van der Waals surface area contributed by atoms with Crippen LogP contribution in [0.25, 0.3) is 0 Å². The van der Waals surface area contributed by atoms with Gasteiger partial charge >= 0.3 is 0 Å². The van der Waals surface area contributed by atoms with E-state index in [-0.39, 0.29) is 5.91 Å². The highest BCUT2D eigenvalue weighted by atomic mass is 16.5. The summed E-state index contributed by atoms with van der Waals surface area (Å²) in [6.07, 6.45) is 2.50. The average Bonchev–Trinajstić information content (AvgIpc) is 2.86. The number of fused-ring (bicyclic) bond motifs is 4. The Morgan fingerprint density at radius 3 is 2.58 bits per heavy atom. The summed E-state index contributed by atoms with van der Waals surface area (Å²) in [5.74, 6) is 1.80. The Morgan fingerprint density at radius 1 is 1.17 bits per heavy atom. The Kier molecular flexibility index (Phi) is 5.41. The Labute approximate surface area is 145 Å². The molecule has 4 rings (SSSR count). The maximum atomic E-state index is 12.1. The van der Waals surface area contributed by atoms with E-state index in [1.807, 2.05) is 26.2 Å². The maximum absolute atomic E-state index is 12.1. The number of carbonyl (C=O) groups is 1. The standard InChI is InChI=1S/C19H29N3O2/c1-20(2)19(23)14-22-12-16-4-7-17(22)13-21(11-16)10-15-5-8-18(24-3)9-6-15/h5-6,8-9,16-17H,4,7,10-14H2,1-3H3/t16-,17+/m1/s1. The molecule has 1 aromatic carbocycles. The van der Waals surface area contributed by atoms with Crippen LogP contribution in [0.3, 0.4) is 0 Å². The van der Waals surface area contributed by atoms with E-state index >= 15 is 0 Å². The number of rotatable bonds is 5. The summed E-state index contributed by atoms with van der Waals surface area (Å²) in [4.78, 5) is 18.8. The number of hydrogen-bond acceptors (Lipinski definition) is 4. The number of methoxy groups -OCH3 is 1. The van der Waals surface area contributed by atoms with Crippen LogP contribution in [0.2, 0.25) is 0 Å². The molecule has 3 aliphatic heterocycles. The molecule has 0 N–H and O–H groups in total. The monoisotopic (exact) mass is 331 g/mol. The van der Waals surface area contributed by atoms with Crippen molar-refractivity contribution in [3.63, 3.8) is 0 Å². The second kappa shape index (κ2) is 7.53. The lowest BCUT2D eigenvalue weighted by Crippen LogP contribution is -2.48. The minimum atomic E-state index is 0.212. The molecule has 0 saturated carbocycles. The molecule has 0 aliphatic carbocycles. The minimum absolute atomic E-state index is 0.212. The maximum Gasteiger partial charge on any atom is 0.236 e. The van der Waals surface area contributed by atoms with E-state index in [9.17, 15) is 4.79 Å². The van der Waals surface area contributed by atoms with Crippen LogP contribution in [0.15, 0.2) is 24.3 Å². The van der Waals surface area contributed by atoms with E-state index < -0.39 is 0 Å². The van der Waals surface area contributed by atoms with Gasteiger partial charge in [-0.25, -0.2) is 0 Å². The van der Waals surface area contributed by atoms with Crippen LogP contribution in [0.5, 0.6) is 5.75 Å². The summed E-state index contributed by atoms with van der Waals surface area (Å²) >= 11 is 0. The van der Waals surface area contributed by atoms with Crippen molar-refractivity contribution < 1.29 is 9.53 Å². The predicted molar refractivity (Wildman–Crippen MR) is 95.1 cm³/mol. The van der Waals surface area contributed by atoms with Crippen molar-refractivity contribution in [1.29, 1.82) is 0 Å². The molecule has 2 bridgehead atoms. The smallest absolute Gasteiger partial charge is 0.236 e. The van der Waals surface area contributed by atoms with Crippen LogP contribution in [0.1, 0.15) is 18.4 Å². The fourth-order valence-corrected chi connectivity index (χ4v) is 3.90. The van der Waals surface area contributed by atoms with Gasteiger partial charge < -0.3 is 9.64 Å². The number of ether oxygens (including phenoxy) is 1. The molecule has 1 aromatic rings. The molecule has 1 amide bonds. The largest absolute Gasteiger partial charge is 0.497 e. The first-order chi connectivity index (χ1) is 11.5. The van der Waals surface area contributed by atoms with Crippen molar-refractivity contribution in [1.82, 2.24) is 14.7 Å². The van der Waals surface area contributed by atoms with Crippen LogP contribution in [-0.2, 0) is 11.3 Å². The van der Waals surface area contributed by atoms with Crippen molar-refractivity contribution in [2.24, 2.45) is 5.92 Å². The molecule has 132 valence electrons. The summed E-state index contributed by atoms with van der Waals surface area (Å²) in [6, 6.07) is 8.87. The molecule has 3 fully saturated rings. The molecule has 0 radical (unpaired) electrons. The lowest BCUT2D eigenvalue weighted by atomic mass is 9.95. The van der Waals surface area contributed by atoms with E-state index in [1.54, 1.807) is 12.0 Å². The third kappa shape index (κ3) is 4.08. The number of piperidine rings is 1. The van der Waals surface area contributed by atoms with Gasteiger partial charge in [-0.2, -0.15) is 0 Å². The molecule has 3 aliphatic rings. The van der Waals surface area contributed by atoms with Gasteiger partial charge in [-0.3, -0.25) is 14.6 Å². The molecule has 0 spiro atoms. The molecule has 0 aromatic heterocycles. The second-order valence-electron chi connectivity index (χ2n) is 7.36. The Bertz CT molecular complexity index is 558. The predicted octanol–water partition coefficient (Wildman–Crippen LogP) is 1.68. The van der Waals surface area contributed by atoms with Crippen molar-refractivity contribution in [3.05, 3.63) is 29.8 Å². The summed E-state index contributed by atoms with van der Waals surface area (Å²) in [5.41, 5.74) is 1.33. The van der Waals surface area contributed by atoms with Gasteiger partial charge in [0.25, 0.3) is 0 Å². The first-order valence-corrected chi connectivity index (χ1v) is 8.84. The fourth-order valence-electron chi connectivity index (χ4n) is 3.90. The SMILES string of the molecule is COc1ccc(CN2C[C@H]3CC[C@@H](C2)N(CC(=O)N(C)C)C3)cc1. The Hall–Kier alpha value is -1.59. The van der Waals surface area contributed by atoms with Gasteiger partial charge in [-0.15, -0.1) is 0 Å². The van der Waals surface area contributed by atoms with Crippen LogP contribution >= 0.6 is 0 Å². The number of carbonyl (C=O) groups excluding carboxylic acids is 1. The van der Waals surface area contributed by atoms with E-state index in [0.29, 0.717) is 18.5 Å². The van der Waals surface area contributed by atoms with Crippen molar-refractivity contribution >= 4 is 5.91 Å². The van der Waals surface area contributed by atoms with Crippen LogP contribution in [0.4, 0.5) is 0 Å². The summed E-state index contributed by atoms with van der Waals surface area (Å²) in [7, 11) is 5.38. The number of nitrogens with zero attached hydrogens (tertiary/aromatic N) is 3. The molecule has 3 heterocycles. The van der Waals surface area contributed by atoms with Crippen molar-refractivity contribution in [2.75, 3.05) is 47.4 Å². The first-order valence-electron chi connectivity index (χ1n) is 8.84. The zero-order chi connectivity index (χ0) is 17.1. The second-order valence-corrected chi connectivity index (χ2v) is 7.36. The highest BCUT2D eigenvalue weighted by molar-refractivity contribution is 5.77. The van der Waals surface area contributed by atoms with E-state index in [2.05, 4.69) is 21.9 Å². The van der Waals surface area contributed by atoms with Gasteiger partial charge in [0.2, 0.25) is 5.91 Å². The van der Waals surface area contributed by atoms with Crippen molar-refractivity contribution in [3.8, 4) is 5.75 Å². The molecule has 24 heavy (non-hydrogen) atoms. The van der Waals surface area contributed by atoms with Gasteiger partial charge in [-0.05, 0) is 36.5 Å². The van der Waals surface area contributed by atoms with Crippen LogP contribution in [-0.4, -0.2) is 74.0 Å². The fraction of sp³-hybridized carbons (Fsp3) is 0.632. The molecule has 2 atom stereocenters. The van der Waals surface area contributed by atoms with Gasteiger partial charge in [0, 0.05) is 46.3 Å². The van der Waals surface area contributed by atoms with Gasteiger partial charge in [0.1, 0.15) is 5.75 Å². The van der Waals surface area contributed by atoms with Gasteiger partial charge in [0.05, 0.1) is 13.7 Å². The normalized spacial score (nSPS) is 24.6. The lowest BCUT2D eigenvalue weighted by Gasteiger charge is -2.36. The zero-order valence-corrected chi connectivity index (χ0v) is 15.1. The lowest BCUT2D eigenvalue weighted by molar-refractivity contribution is -0.130. The van der Waals surface area contributed by atoms with E-state index in [1.165, 1.54) is 18.4 Å². The van der Waals surface area contributed by atoms with Crippen LogP contribution < -0.4 is 4.74 Å². The average molecular weight is 331 g/mol. The van der Waals surface area contributed by atoms with Gasteiger partial charge in [0.15, 0.2) is 0 Å². The van der Waals surface area contributed by atoms with Crippen LogP contribution in [0, 0.1) is 5.92 Å². The summed E-state index contributed by atoms with van der Waals surface area (Å²) in [5, 5.41) is 0. The summed E-state index contributed by atoms with van der Waals surface area (Å²) in [6.45, 7) is 4.79.